The van der Waals surface area contributed by atoms with E-state index in [0.29, 0.717) is 52.0 Å². The molecule has 3 amide bonds. The topological polar surface area (TPSA) is 181 Å². The number of ether oxygens (including phenoxy) is 3. The first-order chi connectivity index (χ1) is 26.5. The number of fused-ring (bicyclic) bond motifs is 2. The first-order valence-corrected chi connectivity index (χ1v) is 20.2. The zero-order valence-corrected chi connectivity index (χ0v) is 34.0. The Bertz CT molecular complexity index is 1970. The molecule has 1 saturated heterocycles. The van der Waals surface area contributed by atoms with Gasteiger partial charge in [0.15, 0.2) is 5.13 Å². The van der Waals surface area contributed by atoms with Crippen molar-refractivity contribution in [2.24, 2.45) is 17.3 Å². The van der Waals surface area contributed by atoms with E-state index in [4.69, 9.17) is 24.2 Å². The number of pyridine rings is 1. The maximum absolute atomic E-state index is 14.7. The number of methoxy groups -OCH3 is 1. The molecule has 2 aromatic heterocycles. The molecule has 56 heavy (non-hydrogen) atoms. The number of carboxylic acid groups (broad SMARTS) is 1. The van der Waals surface area contributed by atoms with Crippen molar-refractivity contribution >= 4 is 51.2 Å². The van der Waals surface area contributed by atoms with Crippen molar-refractivity contribution in [3.05, 3.63) is 42.3 Å². The van der Waals surface area contributed by atoms with E-state index in [2.05, 4.69) is 22.5 Å². The number of carboxylic acids is 1. The summed E-state index contributed by atoms with van der Waals surface area (Å²) in [5.74, 6) is -0.0845. The van der Waals surface area contributed by atoms with Crippen molar-refractivity contribution in [3.8, 4) is 22.9 Å². The Hall–Kier alpha value is -4.92. The molecule has 3 aliphatic rings. The number of anilines is 1. The molecule has 7 atom stereocenters. The highest BCUT2D eigenvalue weighted by molar-refractivity contribution is 7.14. The number of carbonyl (C=O) groups is 4. The number of rotatable bonds is 15. The van der Waals surface area contributed by atoms with Crippen molar-refractivity contribution in [3.63, 3.8) is 0 Å². The lowest BCUT2D eigenvalue weighted by Gasteiger charge is -2.36. The summed E-state index contributed by atoms with van der Waals surface area (Å²) >= 11 is 1.46. The molecule has 3 heterocycles. The average molecular weight is 791 g/mol. The molecule has 0 spiro atoms. The van der Waals surface area contributed by atoms with Gasteiger partial charge in [-0.25, -0.2) is 19.6 Å². The van der Waals surface area contributed by atoms with Gasteiger partial charge in [-0.05, 0) is 82.3 Å². The molecule has 4 N–H and O–H groups in total. The molecule has 1 aromatic carbocycles. The van der Waals surface area contributed by atoms with Gasteiger partial charge >= 0.3 is 12.1 Å². The normalized spacial score (nSPS) is 23.1. The first kappa shape index (κ1) is 40.7. The van der Waals surface area contributed by atoms with Crippen molar-refractivity contribution in [1.29, 1.82) is 0 Å². The highest BCUT2D eigenvalue weighted by Gasteiger charge is 2.49. The average Bonchev–Trinajstić information content (AvgIpc) is 3.45. The summed E-state index contributed by atoms with van der Waals surface area (Å²) in [5.41, 5.74) is -0.611. The summed E-state index contributed by atoms with van der Waals surface area (Å²) in [4.78, 5) is 65.6. The lowest BCUT2D eigenvalue weighted by atomic mass is 9.85. The third kappa shape index (κ3) is 9.20. The molecule has 1 aliphatic heterocycles. The molecule has 3 fully saturated rings. The smallest absolute Gasteiger partial charge is 0.408 e. The molecule has 0 radical (unpaired) electrons. The zero-order valence-electron chi connectivity index (χ0n) is 33.2. The van der Waals surface area contributed by atoms with Crippen LogP contribution in [0.5, 0.6) is 11.5 Å². The van der Waals surface area contributed by atoms with Gasteiger partial charge in [0.1, 0.15) is 47.0 Å². The van der Waals surface area contributed by atoms with Crippen LogP contribution < -0.4 is 25.4 Å². The van der Waals surface area contributed by atoms with Gasteiger partial charge in [-0.15, -0.1) is 17.9 Å². The summed E-state index contributed by atoms with van der Waals surface area (Å²) in [5, 5.41) is 22.4. The van der Waals surface area contributed by atoms with Crippen molar-refractivity contribution in [1.82, 2.24) is 25.5 Å². The molecule has 1 unspecified atom stereocenters. The number of amides is 3. The van der Waals surface area contributed by atoms with Crippen LogP contribution in [0.1, 0.15) is 80.1 Å². The molecule has 6 rings (SSSR count). The third-order valence-electron chi connectivity index (χ3n) is 10.9. The number of hydrogen-bond acceptors (Lipinski definition) is 11. The van der Waals surface area contributed by atoms with Gasteiger partial charge in [0.05, 0.1) is 24.9 Å². The van der Waals surface area contributed by atoms with Gasteiger partial charge in [0, 0.05) is 35.4 Å². The summed E-state index contributed by atoms with van der Waals surface area (Å²) in [7, 11) is 1.57. The SMILES string of the molecule is C=CCC[C@](C)(NC(=O)[C@@H]1C[C@@H](Oc2cc(-c3csc(NC(C)C)n3)nc3cc(OC)ccc23)CN1C(=O)[C@@H](NC(=O)OC1C[C@@H]2C[C@@H]2C1)C(C)(C)C)C(=O)O. The number of carbonyl (C=O) groups excluding carboxylic acids is 3. The Kier molecular flexibility index (Phi) is 11.8. The van der Waals surface area contributed by atoms with Gasteiger partial charge in [-0.2, -0.15) is 0 Å². The zero-order chi connectivity index (χ0) is 40.5. The largest absolute Gasteiger partial charge is 0.497 e. The Balaban J connectivity index is 1.31. The maximum Gasteiger partial charge on any atom is 0.408 e. The lowest BCUT2D eigenvalue weighted by Crippen LogP contribution is -2.60. The molecule has 3 aromatic rings. The van der Waals surface area contributed by atoms with Crippen LogP contribution in [0.25, 0.3) is 22.3 Å². The van der Waals surface area contributed by atoms with E-state index in [1.54, 1.807) is 31.4 Å². The van der Waals surface area contributed by atoms with Crippen LogP contribution in [0.4, 0.5) is 9.93 Å². The second-order valence-corrected chi connectivity index (χ2v) is 17.7. The van der Waals surface area contributed by atoms with E-state index in [0.717, 1.165) is 18.0 Å². The van der Waals surface area contributed by atoms with Crippen LogP contribution >= 0.6 is 11.3 Å². The Labute approximate surface area is 331 Å². The minimum atomic E-state index is -1.63. The standard InChI is InChI=1S/C41H54N6O8S/c1-9-10-13-41(7,37(50)51)46-35(48)32-18-27(20-47(32)36(49)34(40(4,5)6)45-39(52)55-26-15-23-14-24(23)16-26)54-33-19-30(31-21-56-38(44-31)42-22(2)3)43-29-17-25(53-8)11-12-28(29)33/h9,11-12,17,19,21-24,26-27,32,34H,1,10,13-16,18,20H2,2-8H3,(H,42,44)(H,45,52)(H,46,48)(H,50,51)/t23-,24+,26?,27-,32+,34-,41+/m1/s1. The molecular weight excluding hydrogens is 737 g/mol. The molecule has 2 aliphatic carbocycles. The number of hydrogen-bond donors (Lipinski definition) is 4. The highest BCUT2D eigenvalue weighted by atomic mass is 32.1. The van der Waals surface area contributed by atoms with Gasteiger partial charge in [0.25, 0.3) is 0 Å². The number of alkyl carbamates (subject to hydrolysis) is 1. The number of allylic oxidation sites excluding steroid dienone is 1. The summed E-state index contributed by atoms with van der Waals surface area (Å²) in [6, 6.07) is 5.24. The van der Waals surface area contributed by atoms with Crippen molar-refractivity contribution in [2.75, 3.05) is 19.0 Å². The third-order valence-corrected chi connectivity index (χ3v) is 11.6. The molecule has 302 valence electrons. The van der Waals surface area contributed by atoms with E-state index in [9.17, 15) is 24.3 Å². The number of likely N-dealkylation sites (tertiary alicyclic amines) is 1. The fraction of sp³-hybridized carbons (Fsp3) is 0.561. The lowest BCUT2D eigenvalue weighted by molar-refractivity contribution is -0.149. The van der Waals surface area contributed by atoms with E-state index in [1.165, 1.54) is 29.6 Å². The van der Waals surface area contributed by atoms with Gasteiger partial charge in [-0.3, -0.25) is 9.59 Å². The second kappa shape index (κ2) is 16.3. The van der Waals surface area contributed by atoms with E-state index >= 15 is 0 Å². The van der Waals surface area contributed by atoms with E-state index in [1.807, 2.05) is 46.1 Å². The van der Waals surface area contributed by atoms with Crippen molar-refractivity contribution in [2.45, 2.75) is 116 Å². The van der Waals surface area contributed by atoms with Gasteiger partial charge < -0.3 is 40.2 Å². The van der Waals surface area contributed by atoms with Crippen LogP contribution in [-0.2, 0) is 19.1 Å². The summed E-state index contributed by atoms with van der Waals surface area (Å²) < 4.78 is 18.0. The molecule has 2 saturated carbocycles. The fourth-order valence-corrected chi connectivity index (χ4v) is 8.48. The molecule has 14 nitrogen and oxygen atoms in total. The van der Waals surface area contributed by atoms with E-state index in [-0.39, 0.29) is 31.5 Å². The first-order valence-electron chi connectivity index (χ1n) is 19.3. The minimum absolute atomic E-state index is 0.0167. The molecular formula is C41H54N6O8S. The number of nitrogens with one attached hydrogen (secondary N) is 3. The minimum Gasteiger partial charge on any atom is -0.497 e. The summed E-state index contributed by atoms with van der Waals surface area (Å²) in [6.07, 6.45) is 3.33. The number of thiazole rings is 1. The molecule has 0 bridgehead atoms. The monoisotopic (exact) mass is 790 g/mol. The molecule has 15 heteroatoms. The predicted molar refractivity (Wildman–Crippen MR) is 214 cm³/mol. The number of aromatic nitrogens is 2. The quantitative estimate of drug-likeness (QED) is 0.125. The van der Waals surface area contributed by atoms with Crippen LogP contribution in [-0.4, -0.2) is 93.4 Å². The van der Waals surface area contributed by atoms with Gasteiger partial charge in [0.2, 0.25) is 11.8 Å². The number of aliphatic carboxylic acids is 1. The van der Waals surface area contributed by atoms with Crippen LogP contribution in [0.3, 0.4) is 0 Å². The number of nitrogens with zero attached hydrogens (tertiary/aromatic N) is 3. The summed E-state index contributed by atoms with van der Waals surface area (Å²) in [6.45, 7) is 14.7. The highest BCUT2D eigenvalue weighted by Crippen LogP contribution is 2.52. The van der Waals surface area contributed by atoms with Crippen LogP contribution in [0.15, 0.2) is 42.3 Å². The Morgan fingerprint density at radius 3 is 2.41 bits per heavy atom. The maximum atomic E-state index is 14.7. The number of benzene rings is 1. The predicted octanol–water partition coefficient (Wildman–Crippen LogP) is 6.40. The van der Waals surface area contributed by atoms with Crippen molar-refractivity contribution < 1.29 is 38.5 Å². The van der Waals surface area contributed by atoms with E-state index < -0.39 is 53.0 Å². The Morgan fingerprint density at radius 2 is 1.77 bits per heavy atom. The van der Waals surface area contributed by atoms with Crippen LogP contribution in [0.2, 0.25) is 0 Å². The Morgan fingerprint density at radius 1 is 1.04 bits per heavy atom. The van der Waals surface area contributed by atoms with Gasteiger partial charge in [-0.1, -0.05) is 26.8 Å². The fourth-order valence-electron chi connectivity index (χ4n) is 7.63. The van der Waals surface area contributed by atoms with Crippen LogP contribution in [0, 0.1) is 17.3 Å². The second-order valence-electron chi connectivity index (χ2n) is 16.9.